The van der Waals surface area contributed by atoms with E-state index in [0.717, 1.165) is 11.3 Å². The highest BCUT2D eigenvalue weighted by atomic mass is 14.5. The zero-order valence-corrected chi connectivity index (χ0v) is 11.7. The molecule has 3 aromatic rings. The maximum absolute atomic E-state index is 6.08. The Labute approximate surface area is 125 Å². The maximum Gasteiger partial charge on any atom is 0.0387 e. The minimum Gasteiger partial charge on any atom is -0.398 e. The van der Waals surface area contributed by atoms with E-state index in [-0.39, 0.29) is 0 Å². The van der Waals surface area contributed by atoms with Crippen molar-refractivity contribution < 1.29 is 0 Å². The molecule has 0 aromatic heterocycles. The Morgan fingerprint density at radius 2 is 1.10 bits per heavy atom. The fraction of sp³-hybridized carbons (Fsp3) is 0. The average molecular weight is 271 g/mol. The molecule has 0 aliphatic rings. The van der Waals surface area contributed by atoms with E-state index in [1.54, 1.807) is 0 Å². The van der Waals surface area contributed by atoms with Crippen LogP contribution in [0.1, 0.15) is 16.7 Å². The summed E-state index contributed by atoms with van der Waals surface area (Å²) in [6.45, 7) is 0. The minimum atomic E-state index is 0.793. The minimum absolute atomic E-state index is 0.793. The Balaban J connectivity index is 2.16. The van der Waals surface area contributed by atoms with Crippen LogP contribution in [0.5, 0.6) is 0 Å². The first-order valence-electron chi connectivity index (χ1n) is 7.01. The summed E-state index contributed by atoms with van der Waals surface area (Å²) >= 11 is 0. The molecule has 0 aliphatic heterocycles. The maximum atomic E-state index is 6.08. The summed E-state index contributed by atoms with van der Waals surface area (Å²) in [5.74, 6) is 0. The molecule has 0 saturated carbocycles. The molecule has 3 aromatic carbocycles. The summed E-state index contributed by atoms with van der Waals surface area (Å²) < 4.78 is 0. The molecule has 0 atom stereocenters. The second kappa shape index (κ2) is 6.10. The molecule has 0 bridgehead atoms. The zero-order valence-electron chi connectivity index (χ0n) is 11.7. The van der Waals surface area contributed by atoms with Crippen molar-refractivity contribution in [3.05, 3.63) is 102 Å². The first kappa shape index (κ1) is 13.2. The summed E-state index contributed by atoms with van der Waals surface area (Å²) in [5, 5.41) is 0. The van der Waals surface area contributed by atoms with Crippen molar-refractivity contribution in [2.24, 2.45) is 0 Å². The lowest BCUT2D eigenvalue weighted by Crippen LogP contribution is -1.91. The molecule has 0 heterocycles. The molecule has 2 N–H and O–H groups in total. The van der Waals surface area contributed by atoms with E-state index in [2.05, 4.69) is 54.6 Å². The largest absolute Gasteiger partial charge is 0.398 e. The van der Waals surface area contributed by atoms with Crippen molar-refractivity contribution >= 4 is 17.3 Å². The van der Waals surface area contributed by atoms with Gasteiger partial charge in [0, 0.05) is 5.69 Å². The Morgan fingerprint density at radius 1 is 0.619 bits per heavy atom. The summed E-state index contributed by atoms with van der Waals surface area (Å²) in [4.78, 5) is 0. The lowest BCUT2D eigenvalue weighted by atomic mass is 9.95. The van der Waals surface area contributed by atoms with Gasteiger partial charge in [-0.3, -0.25) is 0 Å². The second-order valence-corrected chi connectivity index (χ2v) is 4.92. The fourth-order valence-electron chi connectivity index (χ4n) is 2.37. The number of benzene rings is 3. The smallest absolute Gasteiger partial charge is 0.0387 e. The quantitative estimate of drug-likeness (QED) is 0.534. The SMILES string of the molecule is Nc1ccccc1C=C(c1ccccc1)c1ccccc1. The molecule has 1 heteroatoms. The number of hydrogen-bond donors (Lipinski definition) is 1. The summed E-state index contributed by atoms with van der Waals surface area (Å²) in [6, 6.07) is 28.7. The number of hydrogen-bond acceptors (Lipinski definition) is 1. The second-order valence-electron chi connectivity index (χ2n) is 4.92. The standard InChI is InChI=1S/C20H17N/c21-20-14-8-7-13-18(20)15-19(16-9-3-1-4-10-16)17-11-5-2-6-12-17/h1-15H,21H2. The van der Waals surface area contributed by atoms with Gasteiger partial charge in [-0.25, -0.2) is 0 Å². The molecule has 1 nitrogen and oxygen atoms in total. The van der Waals surface area contributed by atoms with Crippen LogP contribution in [0, 0.1) is 0 Å². The fourth-order valence-corrected chi connectivity index (χ4v) is 2.37. The van der Waals surface area contributed by atoms with E-state index < -0.39 is 0 Å². The van der Waals surface area contributed by atoms with Gasteiger partial charge in [0.05, 0.1) is 0 Å². The third-order valence-electron chi connectivity index (χ3n) is 3.47. The molecule has 0 saturated heterocycles. The number of anilines is 1. The van der Waals surface area contributed by atoms with Gasteiger partial charge in [0.25, 0.3) is 0 Å². The summed E-state index contributed by atoms with van der Waals surface area (Å²) in [5.41, 5.74) is 11.5. The summed E-state index contributed by atoms with van der Waals surface area (Å²) in [7, 11) is 0. The molecule has 102 valence electrons. The van der Waals surface area contributed by atoms with Crippen LogP contribution in [0.4, 0.5) is 5.69 Å². The van der Waals surface area contributed by atoms with Crippen LogP contribution in [-0.4, -0.2) is 0 Å². The van der Waals surface area contributed by atoms with Gasteiger partial charge in [0.15, 0.2) is 0 Å². The van der Waals surface area contributed by atoms with Crippen LogP contribution in [0.25, 0.3) is 11.6 Å². The Morgan fingerprint density at radius 3 is 1.62 bits per heavy atom. The van der Waals surface area contributed by atoms with Crippen molar-refractivity contribution in [3.8, 4) is 0 Å². The first-order chi connectivity index (χ1) is 10.3. The predicted octanol–water partition coefficient (Wildman–Crippen LogP) is 4.86. The highest BCUT2D eigenvalue weighted by molar-refractivity contribution is 5.93. The monoisotopic (exact) mass is 271 g/mol. The molecule has 0 fully saturated rings. The third kappa shape index (κ3) is 3.03. The van der Waals surface area contributed by atoms with Crippen molar-refractivity contribution in [3.63, 3.8) is 0 Å². The molecule has 3 rings (SSSR count). The Hall–Kier alpha value is -2.80. The summed E-state index contributed by atoms with van der Waals surface area (Å²) in [6.07, 6.45) is 2.15. The van der Waals surface area contributed by atoms with Crippen LogP contribution >= 0.6 is 0 Å². The van der Waals surface area contributed by atoms with E-state index in [0.29, 0.717) is 0 Å². The third-order valence-corrected chi connectivity index (χ3v) is 3.47. The number of rotatable bonds is 3. The van der Waals surface area contributed by atoms with Gasteiger partial charge in [-0.2, -0.15) is 0 Å². The zero-order chi connectivity index (χ0) is 14.5. The van der Waals surface area contributed by atoms with E-state index in [4.69, 9.17) is 5.73 Å². The molecule has 21 heavy (non-hydrogen) atoms. The highest BCUT2D eigenvalue weighted by Crippen LogP contribution is 2.27. The predicted molar refractivity (Wildman–Crippen MR) is 90.7 cm³/mol. The van der Waals surface area contributed by atoms with Crippen molar-refractivity contribution in [2.45, 2.75) is 0 Å². The molecule has 0 unspecified atom stereocenters. The molecule has 0 amide bonds. The van der Waals surface area contributed by atoms with Crippen molar-refractivity contribution in [1.29, 1.82) is 0 Å². The van der Waals surface area contributed by atoms with Gasteiger partial charge in [0.2, 0.25) is 0 Å². The average Bonchev–Trinajstić information content (AvgIpc) is 2.56. The number of para-hydroxylation sites is 1. The number of nitrogen functional groups attached to an aromatic ring is 1. The molecular weight excluding hydrogens is 254 g/mol. The van der Waals surface area contributed by atoms with Gasteiger partial charge in [0.1, 0.15) is 0 Å². The molecule has 0 radical (unpaired) electrons. The number of nitrogens with two attached hydrogens (primary N) is 1. The van der Waals surface area contributed by atoms with Crippen molar-refractivity contribution in [2.75, 3.05) is 5.73 Å². The Kier molecular flexibility index (Phi) is 3.83. The van der Waals surface area contributed by atoms with Gasteiger partial charge in [-0.05, 0) is 34.4 Å². The van der Waals surface area contributed by atoms with Crippen LogP contribution in [0.15, 0.2) is 84.9 Å². The Bertz CT molecular complexity index is 702. The van der Waals surface area contributed by atoms with Crippen molar-refractivity contribution in [1.82, 2.24) is 0 Å². The van der Waals surface area contributed by atoms with Gasteiger partial charge in [-0.15, -0.1) is 0 Å². The van der Waals surface area contributed by atoms with Crippen LogP contribution in [0.3, 0.4) is 0 Å². The van der Waals surface area contributed by atoms with Gasteiger partial charge in [-0.1, -0.05) is 78.9 Å². The molecule has 0 spiro atoms. The lowest BCUT2D eigenvalue weighted by molar-refractivity contribution is 1.55. The van der Waals surface area contributed by atoms with Gasteiger partial charge < -0.3 is 5.73 Å². The van der Waals surface area contributed by atoms with E-state index >= 15 is 0 Å². The van der Waals surface area contributed by atoms with E-state index in [1.165, 1.54) is 16.7 Å². The topological polar surface area (TPSA) is 26.0 Å². The highest BCUT2D eigenvalue weighted by Gasteiger charge is 2.05. The van der Waals surface area contributed by atoms with E-state index in [1.807, 2.05) is 36.4 Å². The van der Waals surface area contributed by atoms with Crippen LogP contribution in [0.2, 0.25) is 0 Å². The molecule has 0 aliphatic carbocycles. The van der Waals surface area contributed by atoms with E-state index in [9.17, 15) is 0 Å². The lowest BCUT2D eigenvalue weighted by Gasteiger charge is -2.10. The van der Waals surface area contributed by atoms with Crippen LogP contribution < -0.4 is 5.73 Å². The molecular formula is C20H17N. The van der Waals surface area contributed by atoms with Gasteiger partial charge >= 0.3 is 0 Å². The van der Waals surface area contributed by atoms with Crippen LogP contribution in [-0.2, 0) is 0 Å². The first-order valence-corrected chi connectivity index (χ1v) is 7.01. The normalized spacial score (nSPS) is 10.1.